The fourth-order valence-corrected chi connectivity index (χ4v) is 4.59. The number of benzene rings is 1. The van der Waals surface area contributed by atoms with Crippen LogP contribution in [-0.4, -0.2) is 39.5 Å². The molecule has 0 aliphatic carbocycles. The fraction of sp³-hybridized carbons (Fsp3) is 0.200. The van der Waals surface area contributed by atoms with Gasteiger partial charge in [-0.15, -0.1) is 10.2 Å². The van der Waals surface area contributed by atoms with Crippen LogP contribution in [0.1, 0.15) is 31.0 Å². The zero-order valence-electron chi connectivity index (χ0n) is 19.2. The van der Waals surface area contributed by atoms with E-state index in [0.29, 0.717) is 5.82 Å². The Hall–Kier alpha value is -4.40. The van der Waals surface area contributed by atoms with E-state index in [1.54, 1.807) is 10.9 Å². The van der Waals surface area contributed by atoms with Gasteiger partial charge in [-0.1, -0.05) is 37.3 Å². The average Bonchev–Trinajstić information content (AvgIpc) is 3.49. The van der Waals surface area contributed by atoms with E-state index in [4.69, 9.17) is 15.1 Å². The maximum Gasteiger partial charge on any atom is 0.163 e. The lowest BCUT2D eigenvalue weighted by Crippen LogP contribution is -2.33. The molecular formula is C25H23N9. The van der Waals surface area contributed by atoms with Crippen molar-refractivity contribution in [2.24, 2.45) is 7.05 Å². The van der Waals surface area contributed by atoms with Crippen molar-refractivity contribution < 1.29 is 0 Å². The maximum atomic E-state index is 5.12. The molecule has 5 aromatic rings. The van der Waals surface area contributed by atoms with Crippen molar-refractivity contribution in [1.82, 2.24) is 39.5 Å². The van der Waals surface area contributed by atoms with Gasteiger partial charge in [0.2, 0.25) is 0 Å². The van der Waals surface area contributed by atoms with Gasteiger partial charge in [-0.2, -0.15) is 5.10 Å². The summed E-state index contributed by atoms with van der Waals surface area (Å²) in [6.07, 6.45) is 8.25. The van der Waals surface area contributed by atoms with Crippen LogP contribution < -0.4 is 4.90 Å². The summed E-state index contributed by atoms with van der Waals surface area (Å²) >= 11 is 0. The molecule has 1 aliphatic rings. The molecule has 0 fully saturated rings. The van der Waals surface area contributed by atoms with Gasteiger partial charge in [-0.05, 0) is 25.0 Å². The first-order valence-corrected chi connectivity index (χ1v) is 11.2. The Labute approximate surface area is 196 Å². The first kappa shape index (κ1) is 20.2. The lowest BCUT2D eigenvalue weighted by molar-refractivity contribution is 0.579. The van der Waals surface area contributed by atoms with Crippen molar-refractivity contribution in [2.45, 2.75) is 26.3 Å². The zero-order chi connectivity index (χ0) is 23.2. The van der Waals surface area contributed by atoms with E-state index < -0.39 is 0 Å². The Balaban J connectivity index is 1.59. The second kappa shape index (κ2) is 7.87. The summed E-state index contributed by atoms with van der Waals surface area (Å²) in [7, 11) is 1.91. The number of rotatable bonds is 4. The summed E-state index contributed by atoms with van der Waals surface area (Å²) in [6, 6.07) is 14.1. The third-order valence-electron chi connectivity index (χ3n) is 6.16. The van der Waals surface area contributed by atoms with Crippen molar-refractivity contribution in [2.75, 3.05) is 4.90 Å². The topological polar surface area (TPSA) is 90.4 Å². The summed E-state index contributed by atoms with van der Waals surface area (Å²) in [5, 5.41) is 13.6. The van der Waals surface area contributed by atoms with E-state index in [1.807, 2.05) is 62.9 Å². The van der Waals surface area contributed by atoms with Crippen LogP contribution in [0.2, 0.25) is 0 Å². The molecule has 1 aromatic carbocycles. The highest BCUT2D eigenvalue weighted by molar-refractivity contribution is 5.81. The molecule has 168 valence electrons. The van der Waals surface area contributed by atoms with E-state index in [2.05, 4.69) is 43.7 Å². The van der Waals surface area contributed by atoms with Crippen molar-refractivity contribution in [3.63, 3.8) is 0 Å². The summed E-state index contributed by atoms with van der Waals surface area (Å²) in [5.74, 6) is 3.89. The van der Waals surface area contributed by atoms with Gasteiger partial charge in [-0.3, -0.25) is 19.1 Å². The molecule has 0 saturated heterocycles. The van der Waals surface area contributed by atoms with E-state index in [9.17, 15) is 0 Å². The highest BCUT2D eigenvalue weighted by atomic mass is 15.4. The molecule has 1 aliphatic heterocycles. The van der Waals surface area contributed by atoms with E-state index >= 15 is 0 Å². The Morgan fingerprint density at radius 2 is 1.82 bits per heavy atom. The standard InChI is InChI=1S/C25H23N9/c1-4-20-25-30-29-16(2)33(25)21-15-27-23(28-24(21)34(20)22-11-13-32(3)31-22)18-10-12-26-14-19(18)17-8-6-5-7-9-17/h5-15,20H,4H2,1-3H3/t20-/m1/s1. The molecule has 1 atom stereocenters. The van der Waals surface area contributed by atoms with Crippen molar-refractivity contribution >= 4 is 11.6 Å². The Morgan fingerprint density at radius 3 is 2.59 bits per heavy atom. The van der Waals surface area contributed by atoms with Crippen molar-refractivity contribution in [3.8, 4) is 28.2 Å². The first-order valence-electron chi connectivity index (χ1n) is 11.2. The number of hydrogen-bond donors (Lipinski definition) is 0. The lowest BCUT2D eigenvalue weighted by Gasteiger charge is -2.35. The van der Waals surface area contributed by atoms with Gasteiger partial charge in [0.25, 0.3) is 0 Å². The van der Waals surface area contributed by atoms with Crippen LogP contribution in [0.5, 0.6) is 0 Å². The SMILES string of the molecule is CC[C@@H]1c2nnc(C)n2-c2cnc(-c3ccncc3-c3ccccc3)nc2N1c1ccn(C)n1. The number of pyridine rings is 1. The molecule has 0 bridgehead atoms. The van der Waals surface area contributed by atoms with Crippen LogP contribution in [0.15, 0.2) is 67.3 Å². The largest absolute Gasteiger partial charge is 0.297 e. The highest BCUT2D eigenvalue weighted by Gasteiger charge is 2.37. The van der Waals surface area contributed by atoms with Crippen LogP contribution in [0, 0.1) is 6.92 Å². The van der Waals surface area contributed by atoms with Crippen LogP contribution >= 0.6 is 0 Å². The second-order valence-electron chi connectivity index (χ2n) is 8.27. The minimum atomic E-state index is -0.0580. The molecule has 5 heterocycles. The predicted octanol–water partition coefficient (Wildman–Crippen LogP) is 4.43. The third-order valence-corrected chi connectivity index (χ3v) is 6.16. The van der Waals surface area contributed by atoms with Crippen LogP contribution in [-0.2, 0) is 7.05 Å². The van der Waals surface area contributed by atoms with Crippen LogP contribution in [0.25, 0.3) is 28.2 Å². The Bertz CT molecular complexity index is 1490. The Morgan fingerprint density at radius 1 is 0.971 bits per heavy atom. The summed E-state index contributed by atoms with van der Waals surface area (Å²) in [4.78, 5) is 16.4. The van der Waals surface area contributed by atoms with Gasteiger partial charge in [0.15, 0.2) is 23.3 Å². The maximum absolute atomic E-state index is 5.12. The van der Waals surface area contributed by atoms with Gasteiger partial charge in [0.05, 0.1) is 12.2 Å². The number of anilines is 2. The monoisotopic (exact) mass is 449 g/mol. The molecule has 0 N–H and O–H groups in total. The van der Waals surface area contributed by atoms with E-state index in [1.165, 1.54) is 0 Å². The zero-order valence-corrected chi connectivity index (χ0v) is 19.2. The number of hydrogen-bond acceptors (Lipinski definition) is 7. The molecule has 0 radical (unpaired) electrons. The number of nitrogens with zero attached hydrogens (tertiary/aromatic N) is 9. The molecule has 0 amide bonds. The quantitative estimate of drug-likeness (QED) is 0.401. The van der Waals surface area contributed by atoms with Gasteiger partial charge in [-0.25, -0.2) is 9.97 Å². The van der Waals surface area contributed by atoms with Crippen molar-refractivity contribution in [1.29, 1.82) is 0 Å². The Kier molecular flexibility index (Phi) is 4.68. The minimum absolute atomic E-state index is 0.0580. The molecule has 9 nitrogen and oxygen atoms in total. The minimum Gasteiger partial charge on any atom is -0.297 e. The van der Waals surface area contributed by atoms with Crippen LogP contribution in [0.4, 0.5) is 11.6 Å². The predicted molar refractivity (Wildman–Crippen MR) is 129 cm³/mol. The third kappa shape index (κ3) is 3.08. The van der Waals surface area contributed by atoms with E-state index in [-0.39, 0.29) is 6.04 Å². The number of aromatic nitrogens is 8. The molecule has 9 heteroatoms. The van der Waals surface area contributed by atoms with Crippen molar-refractivity contribution in [3.05, 3.63) is 78.9 Å². The fourth-order valence-electron chi connectivity index (χ4n) is 4.59. The van der Waals surface area contributed by atoms with Gasteiger partial charge >= 0.3 is 0 Å². The lowest BCUT2D eigenvalue weighted by atomic mass is 10.0. The van der Waals surface area contributed by atoms with Crippen LogP contribution in [0.3, 0.4) is 0 Å². The summed E-state index contributed by atoms with van der Waals surface area (Å²) < 4.78 is 3.85. The first-order chi connectivity index (χ1) is 16.7. The molecule has 0 saturated carbocycles. The van der Waals surface area contributed by atoms with E-state index in [0.717, 1.165) is 52.1 Å². The second-order valence-corrected chi connectivity index (χ2v) is 8.27. The molecule has 4 aromatic heterocycles. The molecule has 0 unspecified atom stereocenters. The molecule has 6 rings (SSSR count). The molecule has 0 spiro atoms. The summed E-state index contributed by atoms with van der Waals surface area (Å²) in [5.41, 5.74) is 3.81. The average molecular weight is 450 g/mol. The van der Waals surface area contributed by atoms with Gasteiger partial charge < -0.3 is 0 Å². The van der Waals surface area contributed by atoms with Gasteiger partial charge in [0, 0.05) is 42.8 Å². The van der Waals surface area contributed by atoms with Gasteiger partial charge in [0.1, 0.15) is 11.5 Å². The smallest absolute Gasteiger partial charge is 0.163 e. The normalized spacial score (nSPS) is 14.7. The molecule has 34 heavy (non-hydrogen) atoms. The number of fused-ring (bicyclic) bond motifs is 3. The number of aryl methyl sites for hydroxylation is 2. The highest BCUT2D eigenvalue weighted by Crippen LogP contribution is 2.43. The summed E-state index contributed by atoms with van der Waals surface area (Å²) in [6.45, 7) is 4.09. The molecular weight excluding hydrogens is 426 g/mol.